The predicted molar refractivity (Wildman–Crippen MR) is 56.6 cm³/mol. The highest BCUT2D eigenvalue weighted by atomic mass is 16.5. The highest BCUT2D eigenvalue weighted by Gasteiger charge is 1.92. The summed E-state index contributed by atoms with van der Waals surface area (Å²) in [4.78, 5) is 10.0. The molecule has 0 aliphatic rings. The number of carbonyl (C=O) groups excluding carboxylic acids is 1. The summed E-state index contributed by atoms with van der Waals surface area (Å²) in [5.41, 5.74) is 0.841. The van der Waals surface area contributed by atoms with E-state index in [2.05, 4.69) is 11.8 Å². The Morgan fingerprint density at radius 1 is 1.33 bits per heavy atom. The van der Waals surface area contributed by atoms with Gasteiger partial charge >= 0.3 is 0 Å². The van der Waals surface area contributed by atoms with Crippen LogP contribution in [0.3, 0.4) is 0 Å². The van der Waals surface area contributed by atoms with E-state index in [1.54, 1.807) is 12.1 Å². The monoisotopic (exact) mass is 204 g/mol. The van der Waals surface area contributed by atoms with Crippen LogP contribution in [0.25, 0.3) is 0 Å². The van der Waals surface area contributed by atoms with Crippen LogP contribution in [0.1, 0.15) is 12.0 Å². The van der Waals surface area contributed by atoms with E-state index in [0.29, 0.717) is 5.75 Å². The van der Waals surface area contributed by atoms with Gasteiger partial charge in [0.1, 0.15) is 18.6 Å². The summed E-state index contributed by atoms with van der Waals surface area (Å²) in [5, 5.41) is 8.55. The fourth-order valence-electron chi connectivity index (χ4n) is 0.993. The van der Waals surface area contributed by atoms with Crippen molar-refractivity contribution in [2.24, 2.45) is 0 Å². The number of ether oxygens (including phenoxy) is 1. The third kappa shape index (κ3) is 4.30. The molecule has 0 aliphatic carbocycles. The Morgan fingerprint density at radius 3 is 2.67 bits per heavy atom. The van der Waals surface area contributed by atoms with E-state index in [0.717, 1.165) is 11.8 Å². The summed E-state index contributed by atoms with van der Waals surface area (Å²) in [6.07, 6.45) is 1.02. The van der Waals surface area contributed by atoms with E-state index in [4.69, 9.17) is 9.84 Å². The fraction of sp³-hybridized carbons (Fsp3) is 0.250. The molecule has 1 rings (SSSR count). The first-order chi connectivity index (χ1) is 7.36. The van der Waals surface area contributed by atoms with E-state index in [9.17, 15) is 4.79 Å². The molecule has 0 bridgehead atoms. The quantitative estimate of drug-likeness (QED) is 0.588. The van der Waals surface area contributed by atoms with Gasteiger partial charge in [0.25, 0.3) is 0 Å². The van der Waals surface area contributed by atoms with Crippen molar-refractivity contribution < 1.29 is 14.6 Å². The van der Waals surface area contributed by atoms with Crippen LogP contribution < -0.4 is 4.74 Å². The lowest BCUT2D eigenvalue weighted by molar-refractivity contribution is -0.107. The standard InChI is InChI=1S/C12H12O3/c13-8-2-1-3-11-4-6-12(7-5-11)15-10-9-14/h4-8,14H,2,9-10H2. The largest absolute Gasteiger partial charge is 0.491 e. The Kier molecular flexibility index (Phi) is 4.99. The molecule has 0 aromatic heterocycles. The van der Waals surface area contributed by atoms with Crippen LogP contribution in [0, 0.1) is 11.8 Å². The summed E-state index contributed by atoms with van der Waals surface area (Å²) >= 11 is 0. The molecule has 1 N–H and O–H groups in total. The van der Waals surface area contributed by atoms with Gasteiger partial charge in [0, 0.05) is 5.56 Å². The summed E-state index contributed by atoms with van der Waals surface area (Å²) in [6.45, 7) is 0.289. The van der Waals surface area contributed by atoms with Gasteiger partial charge in [0.05, 0.1) is 13.0 Å². The molecular formula is C12H12O3. The van der Waals surface area contributed by atoms with E-state index in [1.807, 2.05) is 12.1 Å². The highest BCUT2D eigenvalue weighted by molar-refractivity contribution is 5.55. The van der Waals surface area contributed by atoms with Crippen molar-refractivity contribution in [3.63, 3.8) is 0 Å². The van der Waals surface area contributed by atoms with E-state index < -0.39 is 0 Å². The van der Waals surface area contributed by atoms with E-state index in [-0.39, 0.29) is 19.6 Å². The molecule has 1 aromatic rings. The number of hydrogen-bond donors (Lipinski definition) is 1. The van der Waals surface area contributed by atoms with Crippen molar-refractivity contribution in [3.8, 4) is 17.6 Å². The normalized spacial score (nSPS) is 8.87. The van der Waals surface area contributed by atoms with Crippen LogP contribution in [0.15, 0.2) is 24.3 Å². The number of aldehydes is 1. The van der Waals surface area contributed by atoms with E-state index in [1.165, 1.54) is 0 Å². The van der Waals surface area contributed by atoms with Gasteiger partial charge in [-0.3, -0.25) is 0 Å². The molecule has 0 atom stereocenters. The molecule has 15 heavy (non-hydrogen) atoms. The van der Waals surface area contributed by atoms with Gasteiger partial charge in [0.15, 0.2) is 0 Å². The molecule has 1 aromatic carbocycles. The molecule has 0 heterocycles. The molecule has 78 valence electrons. The van der Waals surface area contributed by atoms with Crippen LogP contribution in [-0.4, -0.2) is 24.6 Å². The third-order valence-corrected chi connectivity index (χ3v) is 1.63. The van der Waals surface area contributed by atoms with Gasteiger partial charge in [-0.05, 0) is 24.3 Å². The maximum absolute atomic E-state index is 10.0. The fourth-order valence-corrected chi connectivity index (χ4v) is 0.993. The van der Waals surface area contributed by atoms with Gasteiger partial charge < -0.3 is 14.6 Å². The van der Waals surface area contributed by atoms with Crippen molar-refractivity contribution in [2.45, 2.75) is 6.42 Å². The SMILES string of the molecule is O=CCC#Cc1ccc(OCCO)cc1. The molecule has 0 radical (unpaired) electrons. The third-order valence-electron chi connectivity index (χ3n) is 1.63. The van der Waals surface area contributed by atoms with Crippen molar-refractivity contribution in [1.29, 1.82) is 0 Å². The highest BCUT2D eigenvalue weighted by Crippen LogP contribution is 2.11. The number of benzene rings is 1. The van der Waals surface area contributed by atoms with Crippen molar-refractivity contribution in [3.05, 3.63) is 29.8 Å². The van der Waals surface area contributed by atoms with Crippen LogP contribution in [0.2, 0.25) is 0 Å². The maximum atomic E-state index is 10.0. The average molecular weight is 204 g/mol. The molecule has 0 amide bonds. The molecular weight excluding hydrogens is 192 g/mol. The molecule has 0 aliphatic heterocycles. The molecule has 0 saturated carbocycles. The number of carbonyl (C=O) groups is 1. The second kappa shape index (κ2) is 6.63. The summed E-state index contributed by atoms with van der Waals surface area (Å²) in [7, 11) is 0. The molecule has 0 spiro atoms. The Bertz CT molecular complexity index is 357. The lowest BCUT2D eigenvalue weighted by Gasteiger charge is -2.02. The summed E-state index contributed by atoms with van der Waals surface area (Å²) < 4.78 is 5.18. The zero-order valence-corrected chi connectivity index (χ0v) is 8.27. The second-order valence-corrected chi connectivity index (χ2v) is 2.77. The van der Waals surface area contributed by atoms with Crippen LogP contribution in [-0.2, 0) is 4.79 Å². The van der Waals surface area contributed by atoms with Crippen molar-refractivity contribution >= 4 is 6.29 Å². The van der Waals surface area contributed by atoms with Crippen LogP contribution >= 0.6 is 0 Å². The molecule has 0 fully saturated rings. The Morgan fingerprint density at radius 2 is 2.07 bits per heavy atom. The zero-order chi connectivity index (χ0) is 10.9. The second-order valence-electron chi connectivity index (χ2n) is 2.77. The minimum absolute atomic E-state index is 0.000885. The molecule has 0 unspecified atom stereocenters. The smallest absolute Gasteiger partial charge is 0.131 e. The first-order valence-corrected chi connectivity index (χ1v) is 4.63. The lowest BCUT2D eigenvalue weighted by Crippen LogP contribution is -2.01. The number of rotatable bonds is 4. The van der Waals surface area contributed by atoms with Gasteiger partial charge in [-0.2, -0.15) is 0 Å². The van der Waals surface area contributed by atoms with Gasteiger partial charge in [0.2, 0.25) is 0 Å². The average Bonchev–Trinajstić information content (AvgIpc) is 2.28. The molecule has 0 saturated heterocycles. The Hall–Kier alpha value is -1.79. The van der Waals surface area contributed by atoms with Crippen molar-refractivity contribution in [2.75, 3.05) is 13.2 Å². The number of hydrogen-bond acceptors (Lipinski definition) is 3. The predicted octanol–water partition coefficient (Wildman–Crippen LogP) is 0.998. The topological polar surface area (TPSA) is 46.5 Å². The van der Waals surface area contributed by atoms with Gasteiger partial charge in [-0.15, -0.1) is 0 Å². The van der Waals surface area contributed by atoms with Crippen LogP contribution in [0.5, 0.6) is 5.75 Å². The lowest BCUT2D eigenvalue weighted by atomic mass is 10.2. The van der Waals surface area contributed by atoms with Gasteiger partial charge in [-0.25, -0.2) is 0 Å². The summed E-state index contributed by atoms with van der Waals surface area (Å²) in [5.74, 6) is 6.26. The first kappa shape index (κ1) is 11.3. The first-order valence-electron chi connectivity index (χ1n) is 4.63. The van der Waals surface area contributed by atoms with Gasteiger partial charge in [-0.1, -0.05) is 11.8 Å². The number of aliphatic hydroxyl groups excluding tert-OH is 1. The maximum Gasteiger partial charge on any atom is 0.131 e. The van der Waals surface area contributed by atoms with Crippen molar-refractivity contribution in [1.82, 2.24) is 0 Å². The Labute approximate surface area is 88.7 Å². The minimum atomic E-state index is 0.000885. The van der Waals surface area contributed by atoms with Crippen LogP contribution in [0.4, 0.5) is 0 Å². The Balaban J connectivity index is 2.57. The minimum Gasteiger partial charge on any atom is -0.491 e. The summed E-state index contributed by atoms with van der Waals surface area (Å²) in [6, 6.07) is 7.18. The molecule has 3 nitrogen and oxygen atoms in total. The number of aliphatic hydroxyl groups is 1. The zero-order valence-electron chi connectivity index (χ0n) is 8.27. The van der Waals surface area contributed by atoms with E-state index >= 15 is 0 Å². The molecule has 3 heteroatoms.